The summed E-state index contributed by atoms with van der Waals surface area (Å²) in [6.45, 7) is 0.382. The van der Waals surface area contributed by atoms with Crippen LogP contribution in [0.4, 0.5) is 13.2 Å². The maximum atomic E-state index is 13.5. The van der Waals surface area contributed by atoms with Gasteiger partial charge in [-0.15, -0.1) is 0 Å². The maximum absolute atomic E-state index is 13.5. The van der Waals surface area contributed by atoms with Crippen molar-refractivity contribution < 1.29 is 37.3 Å². The van der Waals surface area contributed by atoms with Gasteiger partial charge in [-0.25, -0.2) is 4.79 Å². The number of ether oxygens (including phenoxy) is 2. The summed E-state index contributed by atoms with van der Waals surface area (Å²) in [6.07, 6.45) is -6.31. The molecular formula is C28H26F3NO5. The highest BCUT2D eigenvalue weighted by atomic mass is 19.4. The molecule has 1 amide bonds. The Labute approximate surface area is 212 Å². The molecule has 3 aromatic carbocycles. The number of rotatable bonds is 8. The fourth-order valence-electron chi connectivity index (χ4n) is 4.40. The second-order valence-electron chi connectivity index (χ2n) is 8.86. The summed E-state index contributed by atoms with van der Waals surface area (Å²) in [4.78, 5) is 26.9. The van der Waals surface area contributed by atoms with E-state index < -0.39 is 36.8 Å². The van der Waals surface area contributed by atoms with E-state index in [-0.39, 0.29) is 25.1 Å². The van der Waals surface area contributed by atoms with Gasteiger partial charge in [0.15, 0.2) is 6.10 Å². The Balaban J connectivity index is 1.65. The number of carbonyl (C=O) groups is 2. The minimum absolute atomic E-state index is 0.0526. The van der Waals surface area contributed by atoms with Crippen LogP contribution in [0.25, 0.3) is 0 Å². The van der Waals surface area contributed by atoms with Crippen LogP contribution in [0.5, 0.6) is 5.75 Å². The number of benzene rings is 3. The molecule has 3 aromatic rings. The Morgan fingerprint density at radius 2 is 1.68 bits per heavy atom. The summed E-state index contributed by atoms with van der Waals surface area (Å²) in [5.74, 6) is -1.56. The van der Waals surface area contributed by atoms with Crippen LogP contribution in [0, 0.1) is 6.92 Å². The molecule has 6 nitrogen and oxygen atoms in total. The van der Waals surface area contributed by atoms with Gasteiger partial charge in [0.25, 0.3) is 5.91 Å². The van der Waals surface area contributed by atoms with E-state index in [1.165, 1.54) is 12.1 Å². The lowest BCUT2D eigenvalue weighted by Crippen LogP contribution is -2.50. The van der Waals surface area contributed by atoms with Gasteiger partial charge in [0.05, 0.1) is 0 Å². The average molecular weight is 514 g/mol. The monoisotopic (exact) mass is 513 g/mol. The van der Waals surface area contributed by atoms with Crippen molar-refractivity contribution in [1.29, 1.82) is 0 Å². The number of alkyl halides is 3. The summed E-state index contributed by atoms with van der Waals surface area (Å²) in [6, 6.07) is 19.6. The Hall–Kier alpha value is -3.85. The molecule has 1 N–H and O–H groups in total. The largest absolute Gasteiger partial charge is 0.488 e. The highest BCUT2D eigenvalue weighted by Crippen LogP contribution is 2.36. The molecular weight excluding hydrogens is 487 g/mol. The van der Waals surface area contributed by atoms with Crippen LogP contribution in [0.1, 0.15) is 33.9 Å². The Morgan fingerprint density at radius 1 is 1.03 bits per heavy atom. The molecule has 37 heavy (non-hydrogen) atoms. The van der Waals surface area contributed by atoms with Gasteiger partial charge < -0.3 is 19.5 Å². The van der Waals surface area contributed by atoms with Crippen LogP contribution in [-0.2, 0) is 33.9 Å². The van der Waals surface area contributed by atoms with E-state index in [9.17, 15) is 27.9 Å². The topological polar surface area (TPSA) is 76.1 Å². The lowest BCUT2D eigenvalue weighted by atomic mass is 9.90. The maximum Gasteiger partial charge on any atom is 0.411 e. The van der Waals surface area contributed by atoms with Crippen LogP contribution in [0.15, 0.2) is 72.8 Å². The number of carbonyl (C=O) groups excluding carboxylic acids is 1. The van der Waals surface area contributed by atoms with Gasteiger partial charge in [0.2, 0.25) is 0 Å². The molecule has 1 heterocycles. The zero-order valence-corrected chi connectivity index (χ0v) is 20.1. The summed E-state index contributed by atoms with van der Waals surface area (Å²) >= 11 is 0. The first-order chi connectivity index (χ1) is 17.6. The smallest absolute Gasteiger partial charge is 0.411 e. The molecule has 194 valence electrons. The molecule has 0 unspecified atom stereocenters. The molecule has 2 atom stereocenters. The minimum atomic E-state index is -4.66. The third-order valence-electron chi connectivity index (χ3n) is 6.20. The van der Waals surface area contributed by atoms with E-state index in [0.29, 0.717) is 16.9 Å². The lowest BCUT2D eigenvalue weighted by molar-refractivity contribution is -0.193. The van der Waals surface area contributed by atoms with Gasteiger partial charge in [-0.05, 0) is 29.2 Å². The fourth-order valence-corrected chi connectivity index (χ4v) is 4.40. The minimum Gasteiger partial charge on any atom is -0.488 e. The van der Waals surface area contributed by atoms with Crippen LogP contribution < -0.4 is 4.74 Å². The SMILES string of the molecule is Cc1ccc2c(c1OCc1ccccc1)C[C@H](C(=O)O)N(C(=O)[C@@H](OCC(F)(F)F)c1ccccc1)C2. The first kappa shape index (κ1) is 26.2. The van der Waals surface area contributed by atoms with Crippen molar-refractivity contribution in [3.8, 4) is 5.75 Å². The molecule has 0 spiro atoms. The number of fused-ring (bicyclic) bond motifs is 1. The first-order valence-electron chi connectivity index (χ1n) is 11.7. The third kappa shape index (κ3) is 6.29. The third-order valence-corrected chi connectivity index (χ3v) is 6.20. The predicted molar refractivity (Wildman–Crippen MR) is 129 cm³/mol. The van der Waals surface area contributed by atoms with Crippen LogP contribution in [0.2, 0.25) is 0 Å². The molecule has 1 aliphatic heterocycles. The van der Waals surface area contributed by atoms with Crippen molar-refractivity contribution in [3.63, 3.8) is 0 Å². The van der Waals surface area contributed by atoms with E-state index >= 15 is 0 Å². The fraction of sp³-hybridized carbons (Fsp3) is 0.286. The van der Waals surface area contributed by atoms with Crippen molar-refractivity contribution in [3.05, 3.63) is 101 Å². The van der Waals surface area contributed by atoms with Gasteiger partial charge >= 0.3 is 12.1 Å². The molecule has 0 aromatic heterocycles. The summed E-state index contributed by atoms with van der Waals surface area (Å²) in [7, 11) is 0. The number of amides is 1. The summed E-state index contributed by atoms with van der Waals surface area (Å²) < 4.78 is 50.0. The molecule has 0 radical (unpaired) electrons. The number of hydrogen-bond donors (Lipinski definition) is 1. The number of hydrogen-bond acceptors (Lipinski definition) is 4. The van der Waals surface area contributed by atoms with Crippen LogP contribution in [0.3, 0.4) is 0 Å². The first-order valence-corrected chi connectivity index (χ1v) is 11.7. The lowest BCUT2D eigenvalue weighted by Gasteiger charge is -2.37. The van der Waals surface area contributed by atoms with E-state index in [1.807, 2.05) is 43.3 Å². The number of carboxylic acid groups (broad SMARTS) is 1. The zero-order valence-electron chi connectivity index (χ0n) is 20.1. The van der Waals surface area contributed by atoms with E-state index in [0.717, 1.165) is 16.0 Å². The number of nitrogens with zero attached hydrogens (tertiary/aromatic N) is 1. The number of carboxylic acids is 1. The van der Waals surface area contributed by atoms with Gasteiger partial charge in [0, 0.05) is 18.5 Å². The predicted octanol–water partition coefficient (Wildman–Crippen LogP) is 5.23. The van der Waals surface area contributed by atoms with E-state index in [4.69, 9.17) is 9.47 Å². The molecule has 9 heteroatoms. The standard InChI is InChI=1S/C28H26F3NO5/c1-18-12-13-21-15-32(26(33)25(37-17-28(29,30)31)20-10-6-3-7-11-20)23(27(34)35)14-22(21)24(18)36-16-19-8-4-2-5-9-19/h2-13,23,25H,14-17H2,1H3,(H,34,35)/t23-,25+/m1/s1. The Kier molecular flexibility index (Phi) is 7.83. The quantitative estimate of drug-likeness (QED) is 0.446. The second kappa shape index (κ2) is 11.0. The average Bonchev–Trinajstić information content (AvgIpc) is 2.88. The van der Waals surface area contributed by atoms with Crippen molar-refractivity contribution in [2.45, 2.75) is 44.8 Å². The van der Waals surface area contributed by atoms with E-state index in [2.05, 4.69) is 0 Å². The molecule has 0 aliphatic carbocycles. The highest BCUT2D eigenvalue weighted by Gasteiger charge is 2.41. The van der Waals surface area contributed by atoms with Crippen molar-refractivity contribution >= 4 is 11.9 Å². The van der Waals surface area contributed by atoms with Gasteiger partial charge in [-0.3, -0.25) is 4.79 Å². The van der Waals surface area contributed by atoms with Crippen molar-refractivity contribution in [2.24, 2.45) is 0 Å². The number of aryl methyl sites for hydroxylation is 1. The van der Waals surface area contributed by atoms with Gasteiger partial charge in [-0.1, -0.05) is 72.8 Å². The normalized spacial score (nSPS) is 16.1. The molecule has 0 fully saturated rings. The Morgan fingerprint density at radius 3 is 2.30 bits per heavy atom. The van der Waals surface area contributed by atoms with Crippen molar-refractivity contribution in [1.82, 2.24) is 4.90 Å². The zero-order chi connectivity index (χ0) is 26.6. The van der Waals surface area contributed by atoms with Crippen molar-refractivity contribution in [2.75, 3.05) is 6.61 Å². The second-order valence-corrected chi connectivity index (χ2v) is 8.86. The molecule has 4 rings (SSSR count). The summed E-state index contributed by atoms with van der Waals surface area (Å²) in [5, 5.41) is 10.0. The molecule has 0 saturated carbocycles. The van der Waals surface area contributed by atoms with Gasteiger partial charge in [-0.2, -0.15) is 13.2 Å². The summed E-state index contributed by atoms with van der Waals surface area (Å²) in [5.41, 5.74) is 3.30. The van der Waals surface area contributed by atoms with Crippen LogP contribution in [-0.4, -0.2) is 40.7 Å². The number of halogens is 3. The highest BCUT2D eigenvalue weighted by molar-refractivity contribution is 5.88. The molecule has 0 bridgehead atoms. The number of aliphatic carboxylic acids is 1. The molecule has 0 saturated heterocycles. The van der Waals surface area contributed by atoms with Crippen LogP contribution >= 0.6 is 0 Å². The van der Waals surface area contributed by atoms with E-state index in [1.54, 1.807) is 24.3 Å². The van der Waals surface area contributed by atoms with Gasteiger partial charge in [0.1, 0.15) is 25.0 Å². The Bertz CT molecular complexity index is 1250. The molecule has 1 aliphatic rings.